The molecule has 2 heteroatoms. The van der Waals surface area contributed by atoms with Crippen LogP contribution in [0.25, 0.3) is 88.3 Å². The molecule has 0 atom stereocenters. The van der Waals surface area contributed by atoms with Gasteiger partial charge in [0.05, 0.1) is 0 Å². The van der Waals surface area contributed by atoms with Crippen LogP contribution >= 0.6 is 0 Å². The third kappa shape index (κ3) is 5.74. The van der Waals surface area contributed by atoms with Crippen LogP contribution in [0.4, 0.5) is 17.1 Å². The summed E-state index contributed by atoms with van der Waals surface area (Å²) in [5, 5.41) is 4.81. The second-order valence-electron chi connectivity index (χ2n) is 19.3. The first-order valence-corrected chi connectivity index (χ1v) is 23.2. The largest absolute Gasteiger partial charge is 0.455 e. The first kappa shape index (κ1) is 38.5. The highest BCUT2D eigenvalue weighted by atomic mass is 16.3. The van der Waals surface area contributed by atoms with Crippen molar-refractivity contribution in [1.82, 2.24) is 0 Å². The van der Waals surface area contributed by atoms with Gasteiger partial charge < -0.3 is 9.32 Å². The van der Waals surface area contributed by atoms with Crippen LogP contribution in [0.1, 0.15) is 49.9 Å². The summed E-state index contributed by atoms with van der Waals surface area (Å²) < 4.78 is 6.53. The number of hydrogen-bond donors (Lipinski definition) is 0. The molecule has 10 aromatic carbocycles. The van der Waals surface area contributed by atoms with Gasteiger partial charge in [-0.05, 0) is 138 Å². The van der Waals surface area contributed by atoms with E-state index in [1.54, 1.807) is 0 Å². The van der Waals surface area contributed by atoms with Crippen LogP contribution in [-0.4, -0.2) is 0 Å². The molecule has 0 amide bonds. The van der Waals surface area contributed by atoms with Gasteiger partial charge >= 0.3 is 0 Å². The van der Waals surface area contributed by atoms with E-state index >= 15 is 0 Å². The van der Waals surface area contributed by atoms with Crippen LogP contribution in [0.2, 0.25) is 0 Å². The second kappa shape index (κ2) is 14.3. The minimum Gasteiger partial charge on any atom is -0.455 e. The lowest BCUT2D eigenvalue weighted by molar-refractivity contribution is 0.660. The molecule has 0 radical (unpaired) electrons. The summed E-state index contributed by atoms with van der Waals surface area (Å²) in [5.41, 5.74) is 22.6. The summed E-state index contributed by atoms with van der Waals surface area (Å²) in [6.07, 6.45) is 0. The van der Waals surface area contributed by atoms with Gasteiger partial charge in [0.15, 0.2) is 0 Å². The van der Waals surface area contributed by atoms with E-state index in [1.807, 2.05) is 6.07 Å². The highest BCUT2D eigenvalue weighted by Crippen LogP contribution is 2.54. The lowest BCUT2D eigenvalue weighted by Crippen LogP contribution is -2.18. The highest BCUT2D eigenvalue weighted by molar-refractivity contribution is 6.09. The summed E-state index contributed by atoms with van der Waals surface area (Å²) in [7, 11) is 0. The predicted octanol–water partition coefficient (Wildman–Crippen LogP) is 17.8. The fourth-order valence-electron chi connectivity index (χ4n) is 11.4. The number of fused-ring (bicyclic) bond motifs is 10. The number of furan rings is 1. The van der Waals surface area contributed by atoms with E-state index in [4.69, 9.17) is 4.42 Å². The smallest absolute Gasteiger partial charge is 0.143 e. The average molecular weight is 846 g/mol. The van der Waals surface area contributed by atoms with Crippen molar-refractivity contribution in [3.05, 3.63) is 235 Å². The van der Waals surface area contributed by atoms with E-state index in [-0.39, 0.29) is 10.8 Å². The minimum atomic E-state index is -0.250. The SMILES string of the molecule is CC1(C)c2cc(-c3ccccc3)ccc2-c2ccc(N(c3ccc(-c4cccc5ccccc45)cc3)c3ccc4c(c3)C(C)(C)c3cc(-c5cccc6c5oc5ccccc56)ccc3-4)cc21. The van der Waals surface area contributed by atoms with Gasteiger partial charge in [-0.15, -0.1) is 0 Å². The summed E-state index contributed by atoms with van der Waals surface area (Å²) >= 11 is 0. The van der Waals surface area contributed by atoms with Crippen LogP contribution < -0.4 is 4.90 Å². The number of para-hydroxylation sites is 2. The molecule has 0 N–H and O–H groups in total. The van der Waals surface area contributed by atoms with E-state index in [1.165, 1.54) is 83.1 Å². The Morgan fingerprint density at radius 2 is 0.803 bits per heavy atom. The third-order valence-corrected chi connectivity index (χ3v) is 14.9. The predicted molar refractivity (Wildman–Crippen MR) is 277 cm³/mol. The lowest BCUT2D eigenvalue weighted by atomic mass is 9.81. The van der Waals surface area contributed by atoms with Gasteiger partial charge in [-0.2, -0.15) is 0 Å². The molecular weight excluding hydrogens is 799 g/mol. The van der Waals surface area contributed by atoms with Crippen molar-refractivity contribution < 1.29 is 4.42 Å². The van der Waals surface area contributed by atoms with Gasteiger partial charge in [-0.3, -0.25) is 0 Å². The third-order valence-electron chi connectivity index (χ3n) is 14.9. The quantitative estimate of drug-likeness (QED) is 0.166. The average Bonchev–Trinajstić information content (AvgIpc) is 3.93. The topological polar surface area (TPSA) is 16.4 Å². The molecule has 0 spiro atoms. The molecule has 0 unspecified atom stereocenters. The van der Waals surface area contributed by atoms with Crippen molar-refractivity contribution in [2.24, 2.45) is 0 Å². The number of benzene rings is 10. The first-order chi connectivity index (χ1) is 32.2. The standard InChI is InChI=1S/C64H47NO/c1-63(2)57-36-43(40-14-6-5-7-15-40)26-32-51(57)53-34-30-46(38-59(53)63)65(45-28-24-42(25-29-45)49-20-12-17-41-16-8-9-18-48(41)49)47-31-35-54-52-33-27-44(37-58(52)64(3,4)60(54)39-47)50-21-13-22-56-55-19-10-11-23-61(55)66-62(50)56/h5-39H,1-4H3. The Hall–Kier alpha value is -7.94. The summed E-state index contributed by atoms with van der Waals surface area (Å²) in [6, 6.07) is 78.4. The zero-order chi connectivity index (χ0) is 44.3. The Morgan fingerprint density at radius 3 is 1.50 bits per heavy atom. The second-order valence-corrected chi connectivity index (χ2v) is 19.3. The van der Waals surface area contributed by atoms with Gasteiger partial charge in [0.1, 0.15) is 11.2 Å². The van der Waals surface area contributed by atoms with Crippen LogP contribution in [0.5, 0.6) is 0 Å². The molecule has 1 heterocycles. The van der Waals surface area contributed by atoms with Crippen molar-refractivity contribution >= 4 is 49.8 Å². The van der Waals surface area contributed by atoms with Gasteiger partial charge in [0.2, 0.25) is 0 Å². The van der Waals surface area contributed by atoms with Crippen molar-refractivity contribution in [2.45, 2.75) is 38.5 Å². The highest BCUT2D eigenvalue weighted by Gasteiger charge is 2.38. The van der Waals surface area contributed by atoms with Gasteiger partial charge in [0, 0.05) is 44.2 Å². The minimum absolute atomic E-state index is 0.193. The maximum absolute atomic E-state index is 6.53. The summed E-state index contributed by atoms with van der Waals surface area (Å²) in [5.74, 6) is 0. The zero-order valence-corrected chi connectivity index (χ0v) is 37.6. The summed E-state index contributed by atoms with van der Waals surface area (Å²) in [4.78, 5) is 2.47. The van der Waals surface area contributed by atoms with Crippen LogP contribution in [-0.2, 0) is 10.8 Å². The Kier molecular flexibility index (Phi) is 8.33. The molecule has 2 aliphatic carbocycles. The fourth-order valence-corrected chi connectivity index (χ4v) is 11.4. The molecule has 2 nitrogen and oxygen atoms in total. The number of rotatable bonds is 6. The Bertz CT molecular complexity index is 3750. The van der Waals surface area contributed by atoms with Crippen molar-refractivity contribution in [2.75, 3.05) is 4.90 Å². The van der Waals surface area contributed by atoms with E-state index in [2.05, 4.69) is 239 Å². The fraction of sp³-hybridized carbons (Fsp3) is 0.0938. The van der Waals surface area contributed by atoms with Crippen molar-refractivity contribution in [3.8, 4) is 55.6 Å². The van der Waals surface area contributed by atoms with E-state index in [9.17, 15) is 0 Å². The molecule has 66 heavy (non-hydrogen) atoms. The number of nitrogens with zero attached hydrogens (tertiary/aromatic N) is 1. The van der Waals surface area contributed by atoms with Crippen LogP contribution in [0.15, 0.2) is 217 Å². The molecule has 2 aliphatic rings. The molecule has 0 saturated heterocycles. The molecule has 0 bridgehead atoms. The van der Waals surface area contributed by atoms with E-state index in [0.29, 0.717) is 0 Å². The Morgan fingerprint density at radius 1 is 0.318 bits per heavy atom. The Balaban J connectivity index is 0.930. The van der Waals surface area contributed by atoms with Gasteiger partial charge in [-0.1, -0.05) is 185 Å². The lowest BCUT2D eigenvalue weighted by Gasteiger charge is -2.30. The summed E-state index contributed by atoms with van der Waals surface area (Å²) in [6.45, 7) is 9.54. The zero-order valence-electron chi connectivity index (χ0n) is 37.6. The number of anilines is 3. The van der Waals surface area contributed by atoms with Crippen molar-refractivity contribution in [1.29, 1.82) is 0 Å². The maximum Gasteiger partial charge on any atom is 0.143 e. The molecule has 13 rings (SSSR count). The Labute approximate surface area is 386 Å². The molecular formula is C64H47NO. The molecule has 11 aromatic rings. The van der Waals surface area contributed by atoms with E-state index < -0.39 is 0 Å². The van der Waals surface area contributed by atoms with Gasteiger partial charge in [-0.25, -0.2) is 0 Å². The monoisotopic (exact) mass is 845 g/mol. The molecule has 0 fully saturated rings. The maximum atomic E-state index is 6.53. The molecule has 1 aromatic heterocycles. The molecule has 314 valence electrons. The van der Waals surface area contributed by atoms with E-state index in [0.717, 1.165) is 44.6 Å². The molecule has 0 saturated carbocycles. The number of hydrogen-bond acceptors (Lipinski definition) is 2. The van der Waals surface area contributed by atoms with Gasteiger partial charge in [0.25, 0.3) is 0 Å². The van der Waals surface area contributed by atoms with Crippen molar-refractivity contribution in [3.63, 3.8) is 0 Å². The normalized spacial score (nSPS) is 14.0. The van der Waals surface area contributed by atoms with Crippen LogP contribution in [0, 0.1) is 0 Å². The first-order valence-electron chi connectivity index (χ1n) is 23.2. The van der Waals surface area contributed by atoms with Crippen LogP contribution in [0.3, 0.4) is 0 Å². The molecule has 0 aliphatic heterocycles.